The maximum Gasteiger partial charge on any atom is 0.293 e. The number of carbonyl (C=O) groups is 2. The molecular formula is C19H19N3O4S. The van der Waals surface area contributed by atoms with E-state index in [-0.39, 0.29) is 23.4 Å². The van der Waals surface area contributed by atoms with E-state index in [1.54, 1.807) is 18.2 Å². The number of carbonyl (C=O) groups excluding carboxylic acids is 2. The van der Waals surface area contributed by atoms with Crippen molar-refractivity contribution in [2.75, 3.05) is 0 Å². The summed E-state index contributed by atoms with van der Waals surface area (Å²) in [6.07, 6.45) is 3.69. The van der Waals surface area contributed by atoms with E-state index in [9.17, 15) is 19.7 Å². The van der Waals surface area contributed by atoms with Crippen LogP contribution in [0.15, 0.2) is 41.4 Å². The molecular weight excluding hydrogens is 366 g/mol. The first-order valence-electron chi connectivity index (χ1n) is 8.43. The first-order chi connectivity index (χ1) is 12.8. The summed E-state index contributed by atoms with van der Waals surface area (Å²) in [5.74, 6) is -0.349. The van der Waals surface area contributed by atoms with Crippen LogP contribution >= 0.6 is 11.8 Å². The van der Waals surface area contributed by atoms with Gasteiger partial charge in [-0.3, -0.25) is 24.6 Å². The summed E-state index contributed by atoms with van der Waals surface area (Å²) >= 11 is 0.908. The van der Waals surface area contributed by atoms with Crippen molar-refractivity contribution in [3.8, 4) is 0 Å². The number of hydrogen-bond donors (Lipinski definition) is 0. The molecule has 0 N–H and O–H groups in total. The Labute approximate surface area is 160 Å². The van der Waals surface area contributed by atoms with Crippen LogP contribution in [0.25, 0.3) is 6.08 Å². The zero-order chi connectivity index (χ0) is 19.7. The maximum absolute atomic E-state index is 12.6. The summed E-state index contributed by atoms with van der Waals surface area (Å²) in [6, 6.07) is 8.12. The first-order valence-corrected chi connectivity index (χ1v) is 9.25. The van der Waals surface area contributed by atoms with E-state index < -0.39 is 4.92 Å². The quantitative estimate of drug-likeness (QED) is 0.429. The summed E-state index contributed by atoms with van der Waals surface area (Å²) in [5.41, 5.74) is 2.59. The SMILES string of the molecule is Cc1cc(/C=C2/SC(=O)N(Cc3ccc([N+](=O)[O-])cc3)C2=O)cn1C(C)C. The molecule has 1 aromatic carbocycles. The second-order valence-corrected chi connectivity index (χ2v) is 7.60. The number of imide groups is 1. The number of hydrogen-bond acceptors (Lipinski definition) is 5. The third-order valence-electron chi connectivity index (χ3n) is 4.29. The Morgan fingerprint density at radius 1 is 1.22 bits per heavy atom. The molecule has 2 heterocycles. The number of benzene rings is 1. The molecule has 0 spiro atoms. The molecule has 0 saturated carbocycles. The number of non-ortho nitro benzene ring substituents is 1. The average molecular weight is 385 g/mol. The monoisotopic (exact) mass is 385 g/mol. The minimum atomic E-state index is -0.488. The Morgan fingerprint density at radius 3 is 2.44 bits per heavy atom. The molecule has 1 aromatic heterocycles. The van der Waals surface area contributed by atoms with Gasteiger partial charge >= 0.3 is 0 Å². The van der Waals surface area contributed by atoms with E-state index in [1.165, 1.54) is 12.1 Å². The highest BCUT2D eigenvalue weighted by atomic mass is 32.2. The van der Waals surface area contributed by atoms with Crippen molar-refractivity contribution >= 4 is 34.7 Å². The lowest BCUT2D eigenvalue weighted by Crippen LogP contribution is -2.27. The molecule has 0 radical (unpaired) electrons. The fourth-order valence-corrected chi connectivity index (χ4v) is 3.78. The zero-order valence-electron chi connectivity index (χ0n) is 15.2. The van der Waals surface area contributed by atoms with Crippen LogP contribution in [0, 0.1) is 17.0 Å². The highest BCUT2D eigenvalue weighted by Crippen LogP contribution is 2.33. The Hall–Kier alpha value is -2.87. The second-order valence-electron chi connectivity index (χ2n) is 6.61. The van der Waals surface area contributed by atoms with Crippen LogP contribution in [0.2, 0.25) is 0 Å². The van der Waals surface area contributed by atoms with Gasteiger partial charge in [-0.2, -0.15) is 0 Å². The Kier molecular flexibility index (Phi) is 5.18. The van der Waals surface area contributed by atoms with E-state index in [4.69, 9.17) is 0 Å². The largest absolute Gasteiger partial charge is 0.349 e. The molecule has 0 bridgehead atoms. The number of aromatic nitrogens is 1. The fourth-order valence-electron chi connectivity index (χ4n) is 2.94. The number of thioether (sulfide) groups is 1. The third kappa shape index (κ3) is 3.95. The minimum Gasteiger partial charge on any atom is -0.349 e. The molecule has 140 valence electrons. The summed E-state index contributed by atoms with van der Waals surface area (Å²) in [4.78, 5) is 36.7. The van der Waals surface area contributed by atoms with Crippen LogP contribution in [0.4, 0.5) is 10.5 Å². The van der Waals surface area contributed by atoms with Gasteiger partial charge in [0.15, 0.2) is 0 Å². The molecule has 1 saturated heterocycles. The second kappa shape index (κ2) is 7.40. The van der Waals surface area contributed by atoms with E-state index in [0.29, 0.717) is 16.5 Å². The van der Waals surface area contributed by atoms with Gasteiger partial charge in [-0.25, -0.2) is 0 Å². The van der Waals surface area contributed by atoms with E-state index >= 15 is 0 Å². The van der Waals surface area contributed by atoms with Crippen molar-refractivity contribution in [3.05, 3.63) is 68.4 Å². The fraction of sp³-hybridized carbons (Fsp3) is 0.263. The minimum absolute atomic E-state index is 0.0298. The van der Waals surface area contributed by atoms with Gasteiger partial charge in [0, 0.05) is 30.1 Å². The predicted molar refractivity (Wildman–Crippen MR) is 104 cm³/mol. The number of nitro benzene ring substituents is 1. The van der Waals surface area contributed by atoms with E-state index in [0.717, 1.165) is 27.9 Å². The zero-order valence-corrected chi connectivity index (χ0v) is 16.0. The van der Waals surface area contributed by atoms with Crippen LogP contribution < -0.4 is 0 Å². The molecule has 0 atom stereocenters. The number of amides is 2. The maximum atomic E-state index is 12.6. The van der Waals surface area contributed by atoms with Gasteiger partial charge in [-0.05, 0) is 55.8 Å². The Morgan fingerprint density at radius 2 is 1.89 bits per heavy atom. The van der Waals surface area contributed by atoms with Crippen molar-refractivity contribution in [3.63, 3.8) is 0 Å². The van der Waals surface area contributed by atoms with Crippen molar-refractivity contribution < 1.29 is 14.5 Å². The standard InChI is InChI=1S/C19H19N3O4S/c1-12(2)20-11-15(8-13(20)3)9-17-18(23)21(19(24)27-17)10-14-4-6-16(7-5-14)22(25)26/h4-9,11-12H,10H2,1-3H3/b17-9+. The molecule has 27 heavy (non-hydrogen) atoms. The van der Waals surface area contributed by atoms with Crippen LogP contribution in [-0.2, 0) is 11.3 Å². The lowest BCUT2D eigenvalue weighted by molar-refractivity contribution is -0.384. The molecule has 1 aliphatic heterocycles. The smallest absolute Gasteiger partial charge is 0.293 e. The molecule has 7 nitrogen and oxygen atoms in total. The van der Waals surface area contributed by atoms with Gasteiger partial charge in [0.1, 0.15) is 0 Å². The van der Waals surface area contributed by atoms with Crippen LogP contribution in [0.1, 0.15) is 36.7 Å². The number of aryl methyl sites for hydroxylation is 1. The van der Waals surface area contributed by atoms with Crippen molar-refractivity contribution in [2.45, 2.75) is 33.4 Å². The van der Waals surface area contributed by atoms with Gasteiger partial charge in [-0.15, -0.1) is 0 Å². The summed E-state index contributed by atoms with van der Waals surface area (Å²) < 4.78 is 2.10. The molecule has 2 amide bonds. The average Bonchev–Trinajstić information content (AvgIpc) is 3.10. The lowest BCUT2D eigenvalue weighted by atomic mass is 10.2. The van der Waals surface area contributed by atoms with Crippen LogP contribution in [0.5, 0.6) is 0 Å². The number of nitro groups is 1. The van der Waals surface area contributed by atoms with Crippen LogP contribution in [0.3, 0.4) is 0 Å². The molecule has 0 unspecified atom stereocenters. The summed E-state index contributed by atoms with van der Waals surface area (Å²) in [7, 11) is 0. The van der Waals surface area contributed by atoms with Gasteiger partial charge < -0.3 is 4.57 Å². The predicted octanol–water partition coefficient (Wildman–Crippen LogP) is 4.52. The van der Waals surface area contributed by atoms with Gasteiger partial charge in [0.05, 0.1) is 16.4 Å². The first kappa shape index (κ1) is 18.9. The molecule has 8 heteroatoms. The summed E-state index contributed by atoms with van der Waals surface area (Å²) in [5, 5.41) is 10.4. The Balaban J connectivity index is 1.78. The Bertz CT molecular complexity index is 944. The normalized spacial score (nSPS) is 16.0. The molecule has 3 rings (SSSR count). The van der Waals surface area contributed by atoms with E-state index in [1.807, 2.05) is 19.2 Å². The van der Waals surface area contributed by atoms with Gasteiger partial charge in [-0.1, -0.05) is 12.1 Å². The lowest BCUT2D eigenvalue weighted by Gasteiger charge is -2.12. The van der Waals surface area contributed by atoms with Crippen molar-refractivity contribution in [1.82, 2.24) is 9.47 Å². The van der Waals surface area contributed by atoms with Crippen LogP contribution in [-0.4, -0.2) is 25.5 Å². The third-order valence-corrected chi connectivity index (χ3v) is 5.19. The highest BCUT2D eigenvalue weighted by molar-refractivity contribution is 8.18. The van der Waals surface area contributed by atoms with Crippen molar-refractivity contribution in [2.24, 2.45) is 0 Å². The molecule has 1 fully saturated rings. The van der Waals surface area contributed by atoms with Gasteiger partial charge in [0.2, 0.25) is 0 Å². The number of rotatable bonds is 5. The molecule has 0 aliphatic carbocycles. The number of nitrogens with zero attached hydrogens (tertiary/aromatic N) is 3. The van der Waals surface area contributed by atoms with E-state index in [2.05, 4.69) is 18.4 Å². The van der Waals surface area contributed by atoms with Crippen molar-refractivity contribution in [1.29, 1.82) is 0 Å². The highest BCUT2D eigenvalue weighted by Gasteiger charge is 2.35. The molecule has 2 aromatic rings. The molecule has 1 aliphatic rings. The van der Waals surface area contributed by atoms with Gasteiger partial charge in [0.25, 0.3) is 16.8 Å². The summed E-state index contributed by atoms with van der Waals surface area (Å²) in [6.45, 7) is 6.24. The topological polar surface area (TPSA) is 85.5 Å².